The Bertz CT molecular complexity index is 1250. The van der Waals surface area contributed by atoms with Crippen LogP contribution in [0.4, 0.5) is 5.69 Å². The number of hydrogen-bond acceptors (Lipinski definition) is 3. The molecule has 3 heterocycles. The molecule has 2 aromatic heterocycles. The van der Waals surface area contributed by atoms with Gasteiger partial charge in [-0.25, -0.2) is 0 Å². The Labute approximate surface area is 199 Å². The predicted molar refractivity (Wildman–Crippen MR) is 136 cm³/mol. The van der Waals surface area contributed by atoms with Crippen molar-refractivity contribution < 1.29 is 5.11 Å². The highest BCUT2D eigenvalue weighted by Crippen LogP contribution is 2.42. The van der Waals surface area contributed by atoms with Crippen molar-refractivity contribution in [2.45, 2.75) is 31.8 Å². The largest absolute Gasteiger partial charge is 0.508 e. The first-order valence-corrected chi connectivity index (χ1v) is 11.5. The van der Waals surface area contributed by atoms with Gasteiger partial charge in [0.1, 0.15) is 11.8 Å². The van der Waals surface area contributed by atoms with Crippen molar-refractivity contribution in [2.24, 2.45) is 0 Å². The summed E-state index contributed by atoms with van der Waals surface area (Å²) >= 11 is 5.86. The molecule has 2 aromatic carbocycles. The number of rotatable bonds is 5. The summed E-state index contributed by atoms with van der Waals surface area (Å²) in [5.41, 5.74) is 5.32. The normalized spacial score (nSPS) is 18.0. The number of anilines is 1. The minimum absolute atomic E-state index is 0.110. The molecule has 1 aliphatic heterocycles. The summed E-state index contributed by atoms with van der Waals surface area (Å²) in [6, 6.07) is 25.8. The van der Waals surface area contributed by atoms with Gasteiger partial charge in [0.05, 0.1) is 11.7 Å². The molecule has 1 saturated heterocycles. The fraction of sp³-hybridized carbons (Fsp3) is 0.185. The number of pyridine rings is 1. The molecule has 6 heteroatoms. The standard InChI is InChI=1S/C27H26N4OS/c1-18(2)19-8-10-21(11-9-19)31-26(25(29-27(31)33)23-6-3-4-16-28-23)24-7-5-17-30(24)20-12-14-22(32)15-13-20/h3-18,25-26,32H,1-2H3,(H,29,33). The van der Waals surface area contributed by atoms with Crippen LogP contribution in [-0.4, -0.2) is 19.8 Å². The summed E-state index contributed by atoms with van der Waals surface area (Å²) in [6.45, 7) is 4.39. The van der Waals surface area contributed by atoms with Crippen molar-refractivity contribution in [3.8, 4) is 11.4 Å². The molecule has 5 rings (SSSR count). The molecule has 2 atom stereocenters. The lowest BCUT2D eigenvalue weighted by atomic mass is 9.99. The van der Waals surface area contributed by atoms with Crippen LogP contribution < -0.4 is 10.2 Å². The van der Waals surface area contributed by atoms with E-state index in [4.69, 9.17) is 12.2 Å². The molecule has 33 heavy (non-hydrogen) atoms. The van der Waals surface area contributed by atoms with Crippen molar-refractivity contribution >= 4 is 23.0 Å². The van der Waals surface area contributed by atoms with E-state index in [9.17, 15) is 5.11 Å². The predicted octanol–water partition coefficient (Wildman–Crippen LogP) is 5.88. The zero-order valence-electron chi connectivity index (χ0n) is 18.6. The highest BCUT2D eigenvalue weighted by atomic mass is 32.1. The molecule has 0 amide bonds. The summed E-state index contributed by atoms with van der Waals surface area (Å²) < 4.78 is 2.14. The second-order valence-corrected chi connectivity index (χ2v) is 8.95. The van der Waals surface area contributed by atoms with Crippen LogP contribution in [0, 0.1) is 0 Å². The van der Waals surface area contributed by atoms with Crippen LogP contribution in [0.1, 0.15) is 48.8 Å². The molecular formula is C27H26N4OS. The van der Waals surface area contributed by atoms with Gasteiger partial charge in [-0.2, -0.15) is 0 Å². The number of benzene rings is 2. The highest BCUT2D eigenvalue weighted by Gasteiger charge is 2.42. The third-order valence-corrected chi connectivity index (χ3v) is 6.46. The highest BCUT2D eigenvalue weighted by molar-refractivity contribution is 7.80. The minimum Gasteiger partial charge on any atom is -0.508 e. The summed E-state index contributed by atoms with van der Waals surface area (Å²) in [5, 5.41) is 14.0. The fourth-order valence-corrected chi connectivity index (χ4v) is 4.78. The van der Waals surface area contributed by atoms with Gasteiger partial charge < -0.3 is 19.9 Å². The van der Waals surface area contributed by atoms with Gasteiger partial charge in [0.2, 0.25) is 0 Å². The first kappa shape index (κ1) is 21.2. The van der Waals surface area contributed by atoms with Crippen molar-refractivity contribution in [2.75, 3.05) is 4.90 Å². The Morgan fingerprint density at radius 1 is 0.909 bits per heavy atom. The second kappa shape index (κ2) is 8.71. The van der Waals surface area contributed by atoms with Gasteiger partial charge in [0.25, 0.3) is 0 Å². The van der Waals surface area contributed by atoms with E-state index in [1.54, 1.807) is 12.1 Å². The molecule has 1 aliphatic rings. The summed E-state index contributed by atoms with van der Waals surface area (Å²) in [5.74, 6) is 0.709. The molecule has 0 saturated carbocycles. The monoisotopic (exact) mass is 454 g/mol. The molecule has 0 bridgehead atoms. The third-order valence-electron chi connectivity index (χ3n) is 6.15. The molecule has 4 aromatic rings. The zero-order chi connectivity index (χ0) is 22.9. The van der Waals surface area contributed by atoms with Crippen LogP contribution in [0.3, 0.4) is 0 Å². The van der Waals surface area contributed by atoms with Crippen molar-refractivity contribution in [1.29, 1.82) is 0 Å². The summed E-state index contributed by atoms with van der Waals surface area (Å²) in [6.07, 6.45) is 3.86. The van der Waals surface area contributed by atoms with E-state index in [-0.39, 0.29) is 17.8 Å². The van der Waals surface area contributed by atoms with Gasteiger partial charge in [0.15, 0.2) is 5.11 Å². The van der Waals surface area contributed by atoms with E-state index in [1.165, 1.54) is 5.56 Å². The fourth-order valence-electron chi connectivity index (χ4n) is 4.44. The molecular weight excluding hydrogens is 428 g/mol. The topological polar surface area (TPSA) is 53.3 Å². The Kier molecular flexibility index (Phi) is 5.60. The number of phenols is 1. The first-order valence-electron chi connectivity index (χ1n) is 11.1. The van der Waals surface area contributed by atoms with Gasteiger partial charge >= 0.3 is 0 Å². The van der Waals surface area contributed by atoms with Crippen LogP contribution in [-0.2, 0) is 0 Å². The van der Waals surface area contributed by atoms with Crippen LogP contribution in [0.15, 0.2) is 91.3 Å². The lowest BCUT2D eigenvalue weighted by molar-refractivity contribution is 0.475. The van der Waals surface area contributed by atoms with Gasteiger partial charge in [-0.15, -0.1) is 0 Å². The SMILES string of the molecule is CC(C)c1ccc(N2C(=S)NC(c3ccccn3)C2c2cccn2-c2ccc(O)cc2)cc1. The van der Waals surface area contributed by atoms with Crippen molar-refractivity contribution in [1.82, 2.24) is 14.9 Å². The molecule has 5 nitrogen and oxygen atoms in total. The van der Waals surface area contributed by atoms with E-state index >= 15 is 0 Å². The number of aromatic hydroxyl groups is 1. The molecule has 0 spiro atoms. The second-order valence-electron chi connectivity index (χ2n) is 8.56. The Morgan fingerprint density at radius 3 is 2.30 bits per heavy atom. The Balaban J connectivity index is 1.63. The third kappa shape index (κ3) is 3.98. The lowest BCUT2D eigenvalue weighted by Crippen LogP contribution is -2.30. The van der Waals surface area contributed by atoms with Gasteiger partial charge in [-0.1, -0.05) is 32.0 Å². The van der Waals surface area contributed by atoms with Gasteiger partial charge in [-0.05, 0) is 84.4 Å². The van der Waals surface area contributed by atoms with Crippen LogP contribution in [0.25, 0.3) is 5.69 Å². The molecule has 0 aliphatic carbocycles. The van der Waals surface area contributed by atoms with Gasteiger partial charge in [-0.3, -0.25) is 4.98 Å². The number of aromatic nitrogens is 2. The van der Waals surface area contributed by atoms with Gasteiger partial charge in [0, 0.05) is 29.5 Å². The molecule has 1 fully saturated rings. The van der Waals surface area contributed by atoms with E-state index in [0.717, 1.165) is 22.8 Å². The maximum Gasteiger partial charge on any atom is 0.174 e. The first-order chi connectivity index (χ1) is 16.0. The smallest absolute Gasteiger partial charge is 0.174 e. The quantitative estimate of drug-likeness (QED) is 0.369. The average Bonchev–Trinajstić information content (AvgIpc) is 3.44. The number of nitrogens with one attached hydrogen (secondary N) is 1. The number of thiocarbonyl (C=S) groups is 1. The van der Waals surface area contributed by atoms with Crippen LogP contribution in [0.2, 0.25) is 0 Å². The van der Waals surface area contributed by atoms with E-state index in [0.29, 0.717) is 11.0 Å². The molecule has 2 unspecified atom stereocenters. The lowest BCUT2D eigenvalue weighted by Gasteiger charge is -2.29. The minimum atomic E-state index is -0.116. The zero-order valence-corrected chi connectivity index (χ0v) is 19.4. The number of hydrogen-bond donors (Lipinski definition) is 2. The maximum atomic E-state index is 9.76. The summed E-state index contributed by atoms with van der Waals surface area (Å²) in [7, 11) is 0. The van der Waals surface area contributed by atoms with E-state index in [1.807, 2.05) is 48.8 Å². The molecule has 0 radical (unpaired) electrons. The summed E-state index contributed by atoms with van der Waals surface area (Å²) in [4.78, 5) is 6.83. The van der Waals surface area contributed by atoms with Crippen LogP contribution >= 0.6 is 12.2 Å². The molecule has 2 N–H and O–H groups in total. The maximum absolute atomic E-state index is 9.76. The van der Waals surface area contributed by atoms with Crippen molar-refractivity contribution in [3.05, 3.63) is 108 Å². The van der Waals surface area contributed by atoms with Crippen LogP contribution in [0.5, 0.6) is 5.75 Å². The number of phenolic OH excluding ortho intramolecular Hbond substituents is 1. The molecule has 166 valence electrons. The Hall–Kier alpha value is -3.64. The van der Waals surface area contributed by atoms with Crippen molar-refractivity contribution in [3.63, 3.8) is 0 Å². The van der Waals surface area contributed by atoms with E-state index in [2.05, 4.69) is 63.9 Å². The number of nitrogens with zero attached hydrogens (tertiary/aromatic N) is 3. The van der Waals surface area contributed by atoms with E-state index < -0.39 is 0 Å². The Morgan fingerprint density at radius 2 is 1.64 bits per heavy atom. The average molecular weight is 455 g/mol.